The number of piperidine rings is 1. The Bertz CT molecular complexity index is 874. The first-order valence-electron chi connectivity index (χ1n) is 8.98. The first-order chi connectivity index (χ1) is 13.4. The molecule has 1 aromatic heterocycles. The van der Waals surface area contributed by atoms with Gasteiger partial charge in [0.05, 0.1) is 17.4 Å². The molecule has 0 saturated carbocycles. The van der Waals surface area contributed by atoms with Gasteiger partial charge in [-0.3, -0.25) is 14.4 Å². The standard InChI is InChI=1S/C20H20F2N2O4/c1-12(23-19(26)14-6-9-28-11-14)20(27)24-7-4-13(5-8-24)18(25)16-10-15(21)2-3-17(16)22/h2-3,6,9-13H,4-5,7-8H2,1H3,(H,23,26). The maximum atomic E-state index is 13.8. The van der Waals surface area contributed by atoms with Crippen LogP contribution in [0.5, 0.6) is 0 Å². The fraction of sp³-hybridized carbons (Fsp3) is 0.350. The zero-order valence-electron chi connectivity index (χ0n) is 15.3. The molecule has 1 fully saturated rings. The third kappa shape index (κ3) is 4.27. The highest BCUT2D eigenvalue weighted by Gasteiger charge is 2.31. The van der Waals surface area contributed by atoms with Crippen LogP contribution in [0, 0.1) is 17.6 Å². The van der Waals surface area contributed by atoms with Gasteiger partial charge in [0.1, 0.15) is 23.9 Å². The molecule has 2 amide bonds. The van der Waals surface area contributed by atoms with Crippen molar-refractivity contribution >= 4 is 17.6 Å². The number of rotatable bonds is 5. The average molecular weight is 390 g/mol. The number of furan rings is 1. The molecular formula is C20H20F2N2O4. The summed E-state index contributed by atoms with van der Waals surface area (Å²) in [6.07, 6.45) is 3.35. The zero-order valence-corrected chi connectivity index (χ0v) is 15.3. The number of carbonyl (C=O) groups excluding carboxylic acids is 3. The lowest BCUT2D eigenvalue weighted by Gasteiger charge is -2.33. The summed E-state index contributed by atoms with van der Waals surface area (Å²) in [5.41, 5.74) is 0.0617. The van der Waals surface area contributed by atoms with Gasteiger partial charge in [0, 0.05) is 19.0 Å². The Hall–Kier alpha value is -3.03. The highest BCUT2D eigenvalue weighted by atomic mass is 19.1. The summed E-state index contributed by atoms with van der Waals surface area (Å²) in [5, 5.41) is 2.60. The average Bonchev–Trinajstić information content (AvgIpc) is 3.24. The smallest absolute Gasteiger partial charge is 0.255 e. The van der Waals surface area contributed by atoms with Gasteiger partial charge in [-0.2, -0.15) is 0 Å². The summed E-state index contributed by atoms with van der Waals surface area (Å²) in [4.78, 5) is 38.6. The highest BCUT2D eigenvalue weighted by Crippen LogP contribution is 2.24. The highest BCUT2D eigenvalue weighted by molar-refractivity contribution is 5.99. The predicted octanol–water partition coefficient (Wildman–Crippen LogP) is 2.80. The van der Waals surface area contributed by atoms with Crippen LogP contribution < -0.4 is 5.32 Å². The lowest BCUT2D eigenvalue weighted by Crippen LogP contribution is -2.49. The number of ketones is 1. The van der Waals surface area contributed by atoms with E-state index in [4.69, 9.17) is 4.42 Å². The Morgan fingerprint density at radius 1 is 1.18 bits per heavy atom. The number of likely N-dealkylation sites (tertiary alicyclic amines) is 1. The van der Waals surface area contributed by atoms with Gasteiger partial charge in [-0.1, -0.05) is 0 Å². The van der Waals surface area contributed by atoms with Crippen molar-refractivity contribution in [1.29, 1.82) is 0 Å². The van der Waals surface area contributed by atoms with Crippen molar-refractivity contribution in [3.8, 4) is 0 Å². The summed E-state index contributed by atoms with van der Waals surface area (Å²) >= 11 is 0. The number of halogens is 2. The summed E-state index contributed by atoms with van der Waals surface area (Å²) < 4.78 is 32.0. The SMILES string of the molecule is CC(NC(=O)c1ccoc1)C(=O)N1CCC(C(=O)c2cc(F)ccc2F)CC1. The van der Waals surface area contributed by atoms with Crippen molar-refractivity contribution in [2.24, 2.45) is 5.92 Å². The molecule has 1 aliphatic rings. The van der Waals surface area contributed by atoms with Gasteiger partial charge in [-0.15, -0.1) is 0 Å². The Balaban J connectivity index is 1.55. The van der Waals surface area contributed by atoms with E-state index in [0.29, 0.717) is 31.5 Å². The van der Waals surface area contributed by atoms with Crippen molar-refractivity contribution in [3.63, 3.8) is 0 Å². The van der Waals surface area contributed by atoms with E-state index in [0.717, 1.165) is 18.2 Å². The summed E-state index contributed by atoms with van der Waals surface area (Å²) in [6, 6.07) is 3.56. The second kappa shape index (κ2) is 8.33. The number of benzene rings is 1. The van der Waals surface area contributed by atoms with Gasteiger partial charge in [-0.05, 0) is 44.0 Å². The number of hydrogen-bond acceptors (Lipinski definition) is 4. The minimum absolute atomic E-state index is 0.259. The molecule has 1 atom stereocenters. The number of amides is 2. The van der Waals surface area contributed by atoms with Crippen LogP contribution in [0.3, 0.4) is 0 Å². The van der Waals surface area contributed by atoms with Crippen molar-refractivity contribution in [2.75, 3.05) is 13.1 Å². The van der Waals surface area contributed by atoms with Crippen LogP contribution in [-0.2, 0) is 4.79 Å². The van der Waals surface area contributed by atoms with Crippen molar-refractivity contribution in [1.82, 2.24) is 10.2 Å². The second-order valence-corrected chi connectivity index (χ2v) is 6.80. The molecule has 0 aliphatic carbocycles. The molecule has 1 aromatic carbocycles. The first kappa shape index (κ1) is 19.7. The molecule has 148 valence electrons. The quantitative estimate of drug-likeness (QED) is 0.797. The van der Waals surface area contributed by atoms with Crippen LogP contribution in [0.2, 0.25) is 0 Å². The number of nitrogens with zero attached hydrogens (tertiary/aromatic N) is 1. The fourth-order valence-corrected chi connectivity index (χ4v) is 3.28. The van der Waals surface area contributed by atoms with Gasteiger partial charge in [-0.25, -0.2) is 8.78 Å². The molecule has 1 unspecified atom stereocenters. The number of Topliss-reactive ketones (excluding diaryl/α,β-unsaturated/α-hetero) is 1. The van der Waals surface area contributed by atoms with Crippen molar-refractivity contribution in [2.45, 2.75) is 25.8 Å². The molecule has 0 spiro atoms. The second-order valence-electron chi connectivity index (χ2n) is 6.80. The van der Waals surface area contributed by atoms with E-state index in [1.165, 1.54) is 18.6 Å². The Labute approximate surface area is 160 Å². The minimum atomic E-state index is -0.750. The number of hydrogen-bond donors (Lipinski definition) is 1. The molecule has 28 heavy (non-hydrogen) atoms. The first-order valence-corrected chi connectivity index (χ1v) is 8.98. The van der Waals surface area contributed by atoms with Crippen LogP contribution in [-0.4, -0.2) is 41.6 Å². The minimum Gasteiger partial charge on any atom is -0.472 e. The van der Waals surface area contributed by atoms with Gasteiger partial charge >= 0.3 is 0 Å². The predicted molar refractivity (Wildman–Crippen MR) is 95.6 cm³/mol. The molecule has 0 bridgehead atoms. The largest absolute Gasteiger partial charge is 0.472 e. The fourth-order valence-electron chi connectivity index (χ4n) is 3.28. The van der Waals surface area contributed by atoms with E-state index in [-0.39, 0.29) is 11.5 Å². The molecule has 3 rings (SSSR count). The van der Waals surface area contributed by atoms with Crippen LogP contribution >= 0.6 is 0 Å². The lowest BCUT2D eigenvalue weighted by molar-refractivity contribution is -0.134. The third-order valence-corrected chi connectivity index (χ3v) is 4.87. The van der Waals surface area contributed by atoms with E-state index in [1.54, 1.807) is 11.8 Å². The van der Waals surface area contributed by atoms with Crippen LogP contribution in [0.4, 0.5) is 8.78 Å². The van der Waals surface area contributed by atoms with Gasteiger partial charge in [0.2, 0.25) is 5.91 Å². The number of carbonyl (C=O) groups is 3. The third-order valence-electron chi connectivity index (χ3n) is 4.87. The van der Waals surface area contributed by atoms with E-state index in [2.05, 4.69) is 5.32 Å². The molecule has 1 saturated heterocycles. The van der Waals surface area contributed by atoms with E-state index >= 15 is 0 Å². The lowest BCUT2D eigenvalue weighted by atomic mass is 9.88. The maximum absolute atomic E-state index is 13.8. The van der Waals surface area contributed by atoms with Crippen molar-refractivity contribution in [3.05, 3.63) is 59.6 Å². The van der Waals surface area contributed by atoms with Gasteiger partial charge in [0.25, 0.3) is 5.91 Å². The summed E-state index contributed by atoms with van der Waals surface area (Å²) in [7, 11) is 0. The Kier molecular flexibility index (Phi) is 5.87. The Morgan fingerprint density at radius 2 is 1.89 bits per heavy atom. The zero-order chi connectivity index (χ0) is 20.3. The maximum Gasteiger partial charge on any atom is 0.255 e. The molecule has 1 aliphatic heterocycles. The molecule has 1 N–H and O–H groups in total. The topological polar surface area (TPSA) is 79.6 Å². The normalized spacial score (nSPS) is 15.9. The van der Waals surface area contributed by atoms with Crippen LogP contribution in [0.25, 0.3) is 0 Å². The summed E-state index contributed by atoms with van der Waals surface area (Å²) in [5.74, 6) is -3.03. The molecular weight excluding hydrogens is 370 g/mol. The van der Waals surface area contributed by atoms with Crippen molar-refractivity contribution < 1.29 is 27.6 Å². The van der Waals surface area contributed by atoms with E-state index in [9.17, 15) is 23.2 Å². The van der Waals surface area contributed by atoms with E-state index in [1.807, 2.05) is 0 Å². The molecule has 8 heteroatoms. The van der Waals surface area contributed by atoms with E-state index < -0.39 is 35.3 Å². The molecule has 2 heterocycles. The van der Waals surface area contributed by atoms with Crippen LogP contribution in [0.15, 0.2) is 41.2 Å². The monoisotopic (exact) mass is 390 g/mol. The number of nitrogens with one attached hydrogen (secondary N) is 1. The summed E-state index contributed by atoms with van der Waals surface area (Å²) in [6.45, 7) is 2.19. The molecule has 6 nitrogen and oxygen atoms in total. The molecule has 0 radical (unpaired) electrons. The Morgan fingerprint density at radius 3 is 2.54 bits per heavy atom. The van der Waals surface area contributed by atoms with Gasteiger partial charge in [0.15, 0.2) is 5.78 Å². The van der Waals surface area contributed by atoms with Crippen LogP contribution in [0.1, 0.15) is 40.5 Å². The van der Waals surface area contributed by atoms with Gasteiger partial charge < -0.3 is 14.6 Å². The molecule has 2 aromatic rings.